The number of methoxy groups -OCH3 is 1. The third-order valence-corrected chi connectivity index (χ3v) is 4.74. The maximum absolute atomic E-state index is 12.6. The molecule has 1 aliphatic carbocycles. The third-order valence-electron chi connectivity index (χ3n) is 4.47. The van der Waals surface area contributed by atoms with Crippen molar-refractivity contribution in [1.29, 1.82) is 0 Å². The molecule has 1 atom stereocenters. The van der Waals surface area contributed by atoms with Gasteiger partial charge in [-0.05, 0) is 25.3 Å². The molecule has 2 aliphatic rings. The zero-order valence-corrected chi connectivity index (χ0v) is 14.0. The van der Waals surface area contributed by atoms with Crippen molar-refractivity contribution in [3.05, 3.63) is 34.6 Å². The van der Waals surface area contributed by atoms with Gasteiger partial charge in [-0.15, -0.1) is 0 Å². The highest BCUT2D eigenvalue weighted by Crippen LogP contribution is 2.39. The van der Waals surface area contributed by atoms with Crippen LogP contribution in [0.4, 0.5) is 0 Å². The van der Waals surface area contributed by atoms with Gasteiger partial charge in [0.25, 0.3) is 5.91 Å². The lowest BCUT2D eigenvalue weighted by molar-refractivity contribution is 0.0789. The fourth-order valence-electron chi connectivity index (χ4n) is 2.94. The van der Waals surface area contributed by atoms with Crippen LogP contribution in [0.25, 0.3) is 0 Å². The van der Waals surface area contributed by atoms with E-state index >= 15 is 0 Å². The van der Waals surface area contributed by atoms with Crippen molar-refractivity contribution < 1.29 is 14.1 Å². The fraction of sp³-hybridized carbons (Fsp3) is 0.500. The molecule has 0 aromatic carbocycles. The summed E-state index contributed by atoms with van der Waals surface area (Å²) in [6.07, 6.45) is 4.58. The van der Waals surface area contributed by atoms with Gasteiger partial charge in [-0.1, -0.05) is 16.8 Å². The van der Waals surface area contributed by atoms with E-state index in [1.54, 1.807) is 11.0 Å². The summed E-state index contributed by atoms with van der Waals surface area (Å²) in [5.74, 6) is 2.21. The number of carbonyl (C=O) groups is 1. The summed E-state index contributed by atoms with van der Waals surface area (Å²) in [5.41, 5.74) is 0.450. The Morgan fingerprint density at radius 3 is 2.92 bits per heavy atom. The molecular weight excluding hydrogens is 332 g/mol. The summed E-state index contributed by atoms with van der Waals surface area (Å²) in [5, 5.41) is 4.37. The van der Waals surface area contributed by atoms with E-state index in [0.29, 0.717) is 41.4 Å². The summed E-state index contributed by atoms with van der Waals surface area (Å²) >= 11 is 6.05. The van der Waals surface area contributed by atoms with Gasteiger partial charge in [0.15, 0.2) is 5.82 Å². The number of hydrogen-bond donors (Lipinski definition) is 0. The van der Waals surface area contributed by atoms with Crippen LogP contribution in [0.2, 0.25) is 5.02 Å². The molecule has 3 heterocycles. The van der Waals surface area contributed by atoms with Crippen LogP contribution in [0.1, 0.15) is 53.2 Å². The van der Waals surface area contributed by atoms with E-state index < -0.39 is 0 Å². The fourth-order valence-corrected chi connectivity index (χ4v) is 3.19. The van der Waals surface area contributed by atoms with E-state index in [1.165, 1.54) is 13.3 Å². The van der Waals surface area contributed by atoms with Crippen LogP contribution < -0.4 is 4.74 Å². The normalized spacial score (nSPS) is 20.4. The number of likely N-dealkylation sites (tertiary alicyclic amines) is 1. The molecule has 0 N–H and O–H groups in total. The first-order chi connectivity index (χ1) is 11.7. The molecule has 0 radical (unpaired) electrons. The summed E-state index contributed by atoms with van der Waals surface area (Å²) in [4.78, 5) is 22.9. The average molecular weight is 349 g/mol. The van der Waals surface area contributed by atoms with Crippen molar-refractivity contribution in [2.75, 3.05) is 20.2 Å². The Hall–Kier alpha value is -2.15. The second kappa shape index (κ2) is 6.05. The van der Waals surface area contributed by atoms with Gasteiger partial charge in [0, 0.05) is 25.2 Å². The predicted molar refractivity (Wildman–Crippen MR) is 85.3 cm³/mol. The maximum Gasteiger partial charge on any atom is 0.255 e. The van der Waals surface area contributed by atoms with Crippen molar-refractivity contribution in [3.63, 3.8) is 0 Å². The number of rotatable bonds is 4. The summed E-state index contributed by atoms with van der Waals surface area (Å²) in [7, 11) is 1.49. The van der Waals surface area contributed by atoms with Crippen LogP contribution in [0.5, 0.6) is 5.88 Å². The first-order valence-electron chi connectivity index (χ1n) is 7.98. The standard InChI is InChI=1S/C16H17ClN4O3/c1-23-15-12(17)6-11(7-18-15)16(22)21-5-4-10(8-21)14-19-13(20-24-14)9-2-3-9/h6-7,9-10H,2-5,8H2,1H3. The molecule has 2 aromatic heterocycles. The Morgan fingerprint density at radius 1 is 1.38 bits per heavy atom. The van der Waals surface area contributed by atoms with Crippen LogP contribution in [0, 0.1) is 0 Å². The molecule has 8 heteroatoms. The lowest BCUT2D eigenvalue weighted by atomic mass is 10.1. The minimum atomic E-state index is -0.100. The van der Waals surface area contributed by atoms with Gasteiger partial charge in [0.05, 0.1) is 18.6 Å². The topological polar surface area (TPSA) is 81.4 Å². The van der Waals surface area contributed by atoms with E-state index in [9.17, 15) is 4.79 Å². The van der Waals surface area contributed by atoms with Gasteiger partial charge in [-0.3, -0.25) is 4.79 Å². The lowest BCUT2D eigenvalue weighted by Crippen LogP contribution is -2.28. The zero-order valence-electron chi connectivity index (χ0n) is 13.2. The third kappa shape index (κ3) is 2.84. The molecule has 1 amide bonds. The Balaban J connectivity index is 1.45. The smallest absolute Gasteiger partial charge is 0.255 e. The van der Waals surface area contributed by atoms with Crippen molar-refractivity contribution in [2.45, 2.75) is 31.1 Å². The molecule has 1 saturated heterocycles. The first kappa shape index (κ1) is 15.4. The van der Waals surface area contributed by atoms with Gasteiger partial charge in [0.1, 0.15) is 5.02 Å². The molecule has 24 heavy (non-hydrogen) atoms. The van der Waals surface area contributed by atoms with Crippen LogP contribution in [0.15, 0.2) is 16.8 Å². The second-order valence-electron chi connectivity index (χ2n) is 6.22. The van der Waals surface area contributed by atoms with E-state index in [4.69, 9.17) is 20.9 Å². The van der Waals surface area contributed by atoms with Crippen molar-refractivity contribution >= 4 is 17.5 Å². The van der Waals surface area contributed by atoms with Gasteiger partial charge in [-0.25, -0.2) is 4.98 Å². The Labute approximate surface area is 144 Å². The van der Waals surface area contributed by atoms with E-state index in [0.717, 1.165) is 25.1 Å². The molecule has 1 saturated carbocycles. The van der Waals surface area contributed by atoms with Gasteiger partial charge in [-0.2, -0.15) is 4.98 Å². The molecule has 7 nitrogen and oxygen atoms in total. The highest BCUT2D eigenvalue weighted by molar-refractivity contribution is 6.32. The van der Waals surface area contributed by atoms with Crippen molar-refractivity contribution in [2.24, 2.45) is 0 Å². The van der Waals surface area contributed by atoms with Crippen LogP contribution in [0.3, 0.4) is 0 Å². The molecule has 2 fully saturated rings. The monoisotopic (exact) mass is 348 g/mol. The maximum atomic E-state index is 12.6. The average Bonchev–Trinajstić information content (AvgIpc) is 3.12. The molecular formula is C16H17ClN4O3. The van der Waals surface area contributed by atoms with Gasteiger partial charge in [0.2, 0.25) is 11.8 Å². The van der Waals surface area contributed by atoms with Crippen LogP contribution in [-0.4, -0.2) is 46.1 Å². The number of ether oxygens (including phenoxy) is 1. The minimum absolute atomic E-state index is 0.0932. The minimum Gasteiger partial charge on any atom is -0.480 e. The highest BCUT2D eigenvalue weighted by atomic mass is 35.5. The number of amides is 1. The van der Waals surface area contributed by atoms with Crippen LogP contribution in [-0.2, 0) is 0 Å². The number of pyridine rings is 1. The first-order valence-corrected chi connectivity index (χ1v) is 8.36. The number of carbonyl (C=O) groups excluding carboxylic acids is 1. The Morgan fingerprint density at radius 2 is 2.21 bits per heavy atom. The molecule has 126 valence electrons. The largest absolute Gasteiger partial charge is 0.480 e. The lowest BCUT2D eigenvalue weighted by Gasteiger charge is -2.16. The SMILES string of the molecule is COc1ncc(C(=O)N2CCC(c3nc(C4CC4)no3)C2)cc1Cl. The van der Waals surface area contributed by atoms with E-state index in [2.05, 4.69) is 15.1 Å². The van der Waals surface area contributed by atoms with Gasteiger partial charge >= 0.3 is 0 Å². The molecule has 1 aliphatic heterocycles. The van der Waals surface area contributed by atoms with Gasteiger partial charge < -0.3 is 14.2 Å². The summed E-state index contributed by atoms with van der Waals surface area (Å²) in [6.45, 7) is 1.21. The quantitative estimate of drug-likeness (QED) is 0.844. The number of aromatic nitrogens is 3. The van der Waals surface area contributed by atoms with Crippen LogP contribution >= 0.6 is 11.6 Å². The van der Waals surface area contributed by atoms with E-state index in [1.807, 2.05) is 0 Å². The molecule has 0 spiro atoms. The molecule has 2 aromatic rings. The summed E-state index contributed by atoms with van der Waals surface area (Å²) < 4.78 is 10.4. The number of nitrogens with zero attached hydrogens (tertiary/aromatic N) is 4. The highest BCUT2D eigenvalue weighted by Gasteiger charge is 2.34. The zero-order chi connectivity index (χ0) is 16.7. The Kier molecular flexibility index (Phi) is 3.88. The Bertz CT molecular complexity index is 774. The second-order valence-corrected chi connectivity index (χ2v) is 6.62. The molecule has 0 bridgehead atoms. The number of hydrogen-bond acceptors (Lipinski definition) is 6. The van der Waals surface area contributed by atoms with Crippen molar-refractivity contribution in [3.8, 4) is 5.88 Å². The molecule has 1 unspecified atom stereocenters. The summed E-state index contributed by atoms with van der Waals surface area (Å²) in [6, 6.07) is 1.58. The predicted octanol–water partition coefficient (Wildman–Crippen LogP) is 2.63. The molecule has 4 rings (SSSR count). The van der Waals surface area contributed by atoms with Crippen molar-refractivity contribution in [1.82, 2.24) is 20.0 Å². The number of halogens is 1. The van der Waals surface area contributed by atoms with E-state index in [-0.39, 0.29) is 11.8 Å².